The van der Waals surface area contributed by atoms with Crippen LogP contribution in [-0.2, 0) is 0 Å². The van der Waals surface area contributed by atoms with Gasteiger partial charge in [-0.15, -0.1) is 0 Å². The van der Waals surface area contributed by atoms with Gasteiger partial charge in [0.15, 0.2) is 0 Å². The van der Waals surface area contributed by atoms with Gasteiger partial charge in [-0.05, 0) is 19.3 Å². The Kier molecular flexibility index (Phi) is 1.58. The molecule has 0 saturated heterocycles. The Bertz CT molecular complexity index is 94.4. The summed E-state index contributed by atoms with van der Waals surface area (Å²) >= 11 is 0. The molecule has 2 atom stereocenters. The lowest BCUT2D eigenvalue weighted by Gasteiger charge is -1.95. The van der Waals surface area contributed by atoms with Crippen molar-refractivity contribution >= 4 is 0 Å². The van der Waals surface area contributed by atoms with E-state index in [0.29, 0.717) is 0 Å². The second-order valence-corrected chi connectivity index (χ2v) is 2.33. The van der Waals surface area contributed by atoms with E-state index in [9.17, 15) is 4.91 Å². The minimum atomic E-state index is 0.0185. The van der Waals surface area contributed by atoms with E-state index < -0.39 is 0 Å². The summed E-state index contributed by atoms with van der Waals surface area (Å²) in [5.41, 5.74) is 5.50. The Balaban J connectivity index is 2.32. The standard InChI is InChI=1S/C5H10N2O/c6-4-1-2-5(3-4)7-8/h4-5H,1-3,6H2. The largest absolute Gasteiger partial charge is 0.328 e. The van der Waals surface area contributed by atoms with Crippen molar-refractivity contribution in [1.82, 2.24) is 0 Å². The molecule has 0 amide bonds. The number of nitroso groups, excluding NO2 is 1. The number of hydrogen-bond donors (Lipinski definition) is 1. The van der Waals surface area contributed by atoms with Crippen molar-refractivity contribution in [3.8, 4) is 0 Å². The Labute approximate surface area is 48.2 Å². The summed E-state index contributed by atoms with van der Waals surface area (Å²) in [7, 11) is 0. The zero-order chi connectivity index (χ0) is 5.98. The summed E-state index contributed by atoms with van der Waals surface area (Å²) < 4.78 is 0. The Morgan fingerprint density at radius 3 is 2.50 bits per heavy atom. The highest BCUT2D eigenvalue weighted by Crippen LogP contribution is 2.19. The van der Waals surface area contributed by atoms with E-state index in [2.05, 4.69) is 5.18 Å². The van der Waals surface area contributed by atoms with Crippen molar-refractivity contribution in [2.24, 2.45) is 10.9 Å². The van der Waals surface area contributed by atoms with E-state index in [-0.39, 0.29) is 12.1 Å². The Hall–Kier alpha value is -0.440. The van der Waals surface area contributed by atoms with Crippen LogP contribution in [0, 0.1) is 4.91 Å². The Morgan fingerprint density at radius 2 is 2.25 bits per heavy atom. The van der Waals surface area contributed by atoms with Gasteiger partial charge in [-0.2, -0.15) is 4.91 Å². The average molecular weight is 114 g/mol. The zero-order valence-electron chi connectivity index (χ0n) is 4.71. The second-order valence-electron chi connectivity index (χ2n) is 2.33. The van der Waals surface area contributed by atoms with Crippen LogP contribution in [-0.4, -0.2) is 12.1 Å². The first-order valence-corrected chi connectivity index (χ1v) is 2.91. The molecule has 0 spiro atoms. The molecular formula is C5H10N2O. The smallest absolute Gasteiger partial charge is 0.0935 e. The van der Waals surface area contributed by atoms with Crippen molar-refractivity contribution in [3.05, 3.63) is 4.91 Å². The van der Waals surface area contributed by atoms with Crippen molar-refractivity contribution < 1.29 is 0 Å². The van der Waals surface area contributed by atoms with Gasteiger partial charge in [-0.3, -0.25) is 0 Å². The van der Waals surface area contributed by atoms with E-state index in [4.69, 9.17) is 5.73 Å². The highest BCUT2D eigenvalue weighted by Gasteiger charge is 2.21. The molecule has 8 heavy (non-hydrogen) atoms. The lowest BCUT2D eigenvalue weighted by Crippen LogP contribution is -2.15. The third kappa shape index (κ3) is 1.04. The maximum atomic E-state index is 9.85. The highest BCUT2D eigenvalue weighted by molar-refractivity contribution is 4.81. The number of nitrogens with two attached hydrogens (primary N) is 1. The van der Waals surface area contributed by atoms with E-state index in [1.165, 1.54) is 0 Å². The van der Waals surface area contributed by atoms with Crippen LogP contribution in [0.1, 0.15) is 19.3 Å². The monoisotopic (exact) mass is 114 g/mol. The maximum absolute atomic E-state index is 9.85. The molecule has 2 N–H and O–H groups in total. The predicted octanol–water partition coefficient (Wildman–Crippen LogP) is 0.633. The minimum Gasteiger partial charge on any atom is -0.328 e. The van der Waals surface area contributed by atoms with Gasteiger partial charge >= 0.3 is 0 Å². The number of hydrogen-bond acceptors (Lipinski definition) is 3. The van der Waals surface area contributed by atoms with Crippen LogP contribution in [0.15, 0.2) is 5.18 Å². The molecule has 0 aromatic heterocycles. The summed E-state index contributed by atoms with van der Waals surface area (Å²) in [6.45, 7) is 0. The summed E-state index contributed by atoms with van der Waals surface area (Å²) in [6, 6.07) is 0.252. The number of nitrogens with zero attached hydrogens (tertiary/aromatic N) is 1. The highest BCUT2D eigenvalue weighted by atomic mass is 16.3. The fourth-order valence-corrected chi connectivity index (χ4v) is 1.09. The van der Waals surface area contributed by atoms with Crippen molar-refractivity contribution in [2.75, 3.05) is 0 Å². The van der Waals surface area contributed by atoms with Crippen LogP contribution in [0.25, 0.3) is 0 Å². The molecule has 46 valence electrons. The van der Waals surface area contributed by atoms with Crippen LogP contribution in [0.2, 0.25) is 0 Å². The third-order valence-electron chi connectivity index (χ3n) is 1.59. The van der Waals surface area contributed by atoms with Gasteiger partial charge in [0.2, 0.25) is 0 Å². The second kappa shape index (κ2) is 2.22. The molecule has 2 unspecified atom stereocenters. The molecule has 0 aromatic carbocycles. The van der Waals surface area contributed by atoms with Crippen molar-refractivity contribution in [2.45, 2.75) is 31.3 Å². The molecule has 1 fully saturated rings. The van der Waals surface area contributed by atoms with E-state index in [0.717, 1.165) is 19.3 Å². The van der Waals surface area contributed by atoms with E-state index >= 15 is 0 Å². The summed E-state index contributed by atoms with van der Waals surface area (Å²) in [4.78, 5) is 9.85. The topological polar surface area (TPSA) is 55.4 Å². The van der Waals surface area contributed by atoms with Gasteiger partial charge in [0.25, 0.3) is 0 Å². The van der Waals surface area contributed by atoms with Crippen molar-refractivity contribution in [1.29, 1.82) is 0 Å². The third-order valence-corrected chi connectivity index (χ3v) is 1.59. The quantitative estimate of drug-likeness (QED) is 0.508. The van der Waals surface area contributed by atoms with Crippen LogP contribution >= 0.6 is 0 Å². The Morgan fingerprint density at radius 1 is 1.50 bits per heavy atom. The first-order chi connectivity index (χ1) is 3.83. The number of rotatable bonds is 1. The average Bonchev–Trinajstić information content (AvgIpc) is 2.14. The maximum Gasteiger partial charge on any atom is 0.0935 e. The molecule has 0 aliphatic heterocycles. The van der Waals surface area contributed by atoms with Crippen LogP contribution in [0.4, 0.5) is 0 Å². The summed E-state index contributed by atoms with van der Waals surface area (Å²) in [6.07, 6.45) is 2.66. The predicted molar refractivity (Wildman–Crippen MR) is 31.4 cm³/mol. The van der Waals surface area contributed by atoms with Crippen LogP contribution in [0.5, 0.6) is 0 Å². The molecule has 3 nitrogen and oxygen atoms in total. The normalized spacial score (nSPS) is 37.6. The molecule has 0 bridgehead atoms. The van der Waals surface area contributed by atoms with E-state index in [1.54, 1.807) is 0 Å². The van der Waals surface area contributed by atoms with Gasteiger partial charge in [-0.1, -0.05) is 5.18 Å². The first kappa shape index (κ1) is 5.69. The molecule has 3 heteroatoms. The van der Waals surface area contributed by atoms with Gasteiger partial charge in [0, 0.05) is 6.04 Å². The molecule has 0 aromatic rings. The fraction of sp³-hybridized carbons (Fsp3) is 1.00. The molecule has 1 saturated carbocycles. The zero-order valence-corrected chi connectivity index (χ0v) is 4.71. The SMILES string of the molecule is NC1CCC(N=O)C1. The van der Waals surface area contributed by atoms with E-state index in [1.807, 2.05) is 0 Å². The molecule has 0 heterocycles. The molecule has 1 rings (SSSR count). The lowest BCUT2D eigenvalue weighted by molar-refractivity contribution is 0.664. The van der Waals surface area contributed by atoms with Gasteiger partial charge in [-0.25, -0.2) is 0 Å². The summed E-state index contributed by atoms with van der Waals surface area (Å²) in [5, 5.41) is 2.91. The lowest BCUT2D eigenvalue weighted by atomic mass is 10.2. The fourth-order valence-electron chi connectivity index (χ4n) is 1.09. The molecular weight excluding hydrogens is 104 g/mol. The first-order valence-electron chi connectivity index (χ1n) is 2.91. The van der Waals surface area contributed by atoms with Crippen LogP contribution in [0.3, 0.4) is 0 Å². The van der Waals surface area contributed by atoms with Gasteiger partial charge in [0.05, 0.1) is 6.04 Å². The summed E-state index contributed by atoms with van der Waals surface area (Å²) in [5.74, 6) is 0. The molecule has 1 aliphatic carbocycles. The van der Waals surface area contributed by atoms with Crippen molar-refractivity contribution in [3.63, 3.8) is 0 Å². The molecule has 1 aliphatic rings. The van der Waals surface area contributed by atoms with Crippen LogP contribution < -0.4 is 5.73 Å². The molecule has 0 radical (unpaired) electrons. The van der Waals surface area contributed by atoms with Gasteiger partial charge in [0.1, 0.15) is 0 Å². The minimum absolute atomic E-state index is 0.0185. The van der Waals surface area contributed by atoms with Gasteiger partial charge < -0.3 is 5.73 Å².